The van der Waals surface area contributed by atoms with Crippen LogP contribution in [-0.2, 0) is 4.79 Å². The molecule has 1 N–H and O–H groups in total. The summed E-state index contributed by atoms with van der Waals surface area (Å²) in [5.74, 6) is 0.773. The number of hydrogen-bond acceptors (Lipinski definition) is 8. The zero-order chi connectivity index (χ0) is 28.4. The number of aromatic nitrogens is 3. The highest BCUT2D eigenvalue weighted by atomic mass is 19.1. The van der Waals surface area contributed by atoms with E-state index in [0.717, 1.165) is 58.4 Å². The van der Waals surface area contributed by atoms with Crippen molar-refractivity contribution in [3.63, 3.8) is 0 Å². The van der Waals surface area contributed by atoms with Gasteiger partial charge in [0.15, 0.2) is 5.82 Å². The van der Waals surface area contributed by atoms with Crippen LogP contribution in [0.2, 0.25) is 0 Å². The normalized spacial score (nSPS) is 21.9. The van der Waals surface area contributed by atoms with Crippen molar-refractivity contribution in [2.45, 2.75) is 65.5 Å². The van der Waals surface area contributed by atoms with Crippen molar-refractivity contribution >= 4 is 17.6 Å². The number of ether oxygens (including phenoxy) is 1. The third kappa shape index (κ3) is 5.48. The number of piperidine rings is 1. The molecule has 0 aliphatic carbocycles. The fraction of sp³-hybridized carbons (Fsp3) is 0.621. The van der Waals surface area contributed by atoms with Gasteiger partial charge in [0.2, 0.25) is 5.91 Å². The summed E-state index contributed by atoms with van der Waals surface area (Å²) in [5, 5.41) is 11.5. The number of anilines is 1. The number of benzene rings is 1. The number of carbonyl (C=O) groups is 2. The number of carbonyl (C=O) groups excluding carboxylic acids is 2. The van der Waals surface area contributed by atoms with Crippen molar-refractivity contribution in [1.82, 2.24) is 30.3 Å². The number of likely N-dealkylation sites (tertiary alicyclic amines) is 1. The molecule has 10 nitrogen and oxygen atoms in total. The first-order valence-corrected chi connectivity index (χ1v) is 14.5. The van der Waals surface area contributed by atoms with E-state index in [0.29, 0.717) is 18.3 Å². The molecule has 3 aliphatic rings. The number of hydrogen-bond donors (Lipinski definition) is 1. The van der Waals surface area contributed by atoms with Crippen molar-refractivity contribution in [2.75, 3.05) is 44.2 Å². The van der Waals surface area contributed by atoms with Gasteiger partial charge in [0.05, 0.1) is 11.6 Å². The van der Waals surface area contributed by atoms with Crippen molar-refractivity contribution in [3.05, 3.63) is 35.9 Å². The highest BCUT2D eigenvalue weighted by Crippen LogP contribution is 2.44. The van der Waals surface area contributed by atoms with Gasteiger partial charge in [0.1, 0.15) is 17.9 Å². The predicted molar refractivity (Wildman–Crippen MR) is 149 cm³/mol. The predicted octanol–water partition coefficient (Wildman–Crippen LogP) is 3.49. The summed E-state index contributed by atoms with van der Waals surface area (Å²) in [6.07, 6.45) is 5.34. The molecule has 11 heteroatoms. The molecule has 2 atom stereocenters. The molecule has 1 aromatic heterocycles. The lowest BCUT2D eigenvalue weighted by Gasteiger charge is -2.54. The van der Waals surface area contributed by atoms with Gasteiger partial charge in [-0.3, -0.25) is 9.59 Å². The molecule has 40 heavy (non-hydrogen) atoms. The second kappa shape index (κ2) is 11.6. The fourth-order valence-corrected chi connectivity index (χ4v) is 6.42. The molecule has 2 amide bonds. The minimum atomic E-state index is -0.517. The maximum absolute atomic E-state index is 14.2. The van der Waals surface area contributed by atoms with Gasteiger partial charge in [-0.1, -0.05) is 13.3 Å². The Morgan fingerprint density at radius 3 is 2.65 bits per heavy atom. The Bertz CT molecular complexity index is 1230. The first-order chi connectivity index (χ1) is 19.2. The van der Waals surface area contributed by atoms with Crippen LogP contribution in [-0.4, -0.2) is 88.1 Å². The van der Waals surface area contributed by atoms with E-state index in [1.807, 2.05) is 25.7 Å². The van der Waals surface area contributed by atoms with Crippen LogP contribution in [0.25, 0.3) is 0 Å². The highest BCUT2D eigenvalue weighted by Gasteiger charge is 2.48. The molecule has 0 saturated carbocycles. The lowest BCUT2D eigenvalue weighted by Crippen LogP contribution is -2.62. The minimum Gasteiger partial charge on any atom is -0.434 e. The summed E-state index contributed by atoms with van der Waals surface area (Å²) in [7, 11) is 0. The number of amides is 2. The van der Waals surface area contributed by atoms with E-state index in [4.69, 9.17) is 4.74 Å². The largest absolute Gasteiger partial charge is 0.434 e. The second-order valence-corrected chi connectivity index (χ2v) is 11.6. The van der Waals surface area contributed by atoms with Gasteiger partial charge >= 0.3 is 0 Å². The monoisotopic (exact) mass is 553 g/mol. The molecule has 3 fully saturated rings. The van der Waals surface area contributed by atoms with Crippen LogP contribution in [0.1, 0.15) is 63.7 Å². The SMILES string of the molecule is CC[C@H]1CCN[C@@H]1C(=O)N1CCC2(CC1)CN(c1ncnnc1Oc1ccc(F)cc1C(=O)N(CC)C(C)C)C2. The number of halogens is 1. The summed E-state index contributed by atoms with van der Waals surface area (Å²) >= 11 is 0. The Morgan fingerprint density at radius 1 is 1.23 bits per heavy atom. The van der Waals surface area contributed by atoms with E-state index in [1.165, 1.54) is 24.5 Å². The lowest BCUT2D eigenvalue weighted by molar-refractivity contribution is -0.136. The number of nitrogens with one attached hydrogen (secondary N) is 1. The van der Waals surface area contributed by atoms with Gasteiger partial charge in [-0.05, 0) is 70.7 Å². The highest BCUT2D eigenvalue weighted by molar-refractivity contribution is 5.97. The maximum atomic E-state index is 14.2. The van der Waals surface area contributed by atoms with Gasteiger partial charge in [0, 0.05) is 44.2 Å². The third-order valence-electron chi connectivity index (χ3n) is 8.80. The Balaban J connectivity index is 1.26. The van der Waals surface area contributed by atoms with Crippen molar-refractivity contribution in [2.24, 2.45) is 11.3 Å². The summed E-state index contributed by atoms with van der Waals surface area (Å²) in [5.41, 5.74) is 0.244. The van der Waals surface area contributed by atoms with E-state index in [-0.39, 0.29) is 46.5 Å². The third-order valence-corrected chi connectivity index (χ3v) is 8.80. The first kappa shape index (κ1) is 28.2. The standard InChI is InChI=1S/C29H40FN7O3/c1-5-20-9-12-31-24(20)28(39)35-13-10-29(11-14-35)16-36(17-29)25-26(34-33-18-32-25)40-23-8-7-21(30)15-22(23)27(38)37(6-2)19(3)4/h7-8,15,18-20,24,31H,5-6,9-14,16-17H2,1-4H3/t20-,24-/m0/s1. The molecule has 2 aromatic rings. The van der Waals surface area contributed by atoms with Gasteiger partial charge in [-0.15, -0.1) is 10.2 Å². The summed E-state index contributed by atoms with van der Waals surface area (Å²) in [4.78, 5) is 36.6. The Morgan fingerprint density at radius 2 is 1.98 bits per heavy atom. The summed E-state index contributed by atoms with van der Waals surface area (Å²) in [6, 6.07) is 3.81. The lowest BCUT2D eigenvalue weighted by atomic mass is 9.72. The van der Waals surface area contributed by atoms with Crippen LogP contribution in [0.5, 0.6) is 11.6 Å². The molecule has 1 aromatic carbocycles. The molecule has 3 aliphatic heterocycles. The number of rotatable bonds is 8. The molecule has 0 bridgehead atoms. The second-order valence-electron chi connectivity index (χ2n) is 11.6. The summed E-state index contributed by atoms with van der Waals surface area (Å²) in [6.45, 7) is 12.3. The smallest absolute Gasteiger partial charge is 0.282 e. The topological polar surface area (TPSA) is 104 Å². The fourth-order valence-electron chi connectivity index (χ4n) is 6.42. The van der Waals surface area contributed by atoms with Crippen molar-refractivity contribution in [3.8, 4) is 11.6 Å². The molecular weight excluding hydrogens is 513 g/mol. The van der Waals surface area contributed by atoms with E-state index in [9.17, 15) is 14.0 Å². The van der Waals surface area contributed by atoms with Gasteiger partial charge in [-0.2, -0.15) is 0 Å². The minimum absolute atomic E-state index is 0.0445. The van der Waals surface area contributed by atoms with Gasteiger partial charge < -0.3 is 24.8 Å². The quantitative estimate of drug-likeness (QED) is 0.530. The van der Waals surface area contributed by atoms with Gasteiger partial charge in [-0.25, -0.2) is 9.37 Å². The average molecular weight is 554 g/mol. The Labute approximate surface area is 235 Å². The van der Waals surface area contributed by atoms with Crippen molar-refractivity contribution < 1.29 is 18.7 Å². The molecule has 3 saturated heterocycles. The van der Waals surface area contributed by atoms with E-state index < -0.39 is 5.82 Å². The first-order valence-electron chi connectivity index (χ1n) is 14.5. The number of nitrogens with zero attached hydrogens (tertiary/aromatic N) is 6. The molecule has 4 heterocycles. The zero-order valence-corrected chi connectivity index (χ0v) is 23.9. The Hall–Kier alpha value is -3.34. The van der Waals surface area contributed by atoms with E-state index >= 15 is 0 Å². The van der Waals surface area contributed by atoms with E-state index in [2.05, 4.69) is 32.3 Å². The maximum Gasteiger partial charge on any atom is 0.282 e. The zero-order valence-electron chi connectivity index (χ0n) is 23.9. The van der Waals surface area contributed by atoms with Gasteiger partial charge in [0.25, 0.3) is 11.8 Å². The summed E-state index contributed by atoms with van der Waals surface area (Å²) < 4.78 is 20.3. The molecule has 5 rings (SSSR count). The van der Waals surface area contributed by atoms with Crippen molar-refractivity contribution in [1.29, 1.82) is 0 Å². The molecule has 0 radical (unpaired) electrons. The van der Waals surface area contributed by atoms with Crippen LogP contribution >= 0.6 is 0 Å². The van der Waals surface area contributed by atoms with Crippen LogP contribution < -0.4 is 15.0 Å². The average Bonchev–Trinajstić information content (AvgIpc) is 3.42. The van der Waals surface area contributed by atoms with E-state index in [1.54, 1.807) is 4.90 Å². The van der Waals surface area contributed by atoms with Crippen LogP contribution in [0.3, 0.4) is 0 Å². The molecule has 1 spiro atoms. The van der Waals surface area contributed by atoms with Crippen LogP contribution in [0.15, 0.2) is 24.5 Å². The molecule has 216 valence electrons. The van der Waals surface area contributed by atoms with Crippen LogP contribution in [0, 0.1) is 17.2 Å². The molecular formula is C29H40FN7O3. The Kier molecular flexibility index (Phi) is 8.21. The molecule has 0 unspecified atom stereocenters. The van der Waals surface area contributed by atoms with Crippen LogP contribution in [0.4, 0.5) is 10.2 Å².